The summed E-state index contributed by atoms with van der Waals surface area (Å²) in [4.78, 5) is 10.4. The SMILES string of the molecule is C1=c2nc(-c3ccc(CCCN4CCCC4)cc3)n(Cc3ccc(CCCN4CCCC4)cc3)c2=CCC1. The number of nitrogens with zero attached hydrogens (tertiary/aromatic N) is 4. The summed E-state index contributed by atoms with van der Waals surface area (Å²) >= 11 is 0. The van der Waals surface area contributed by atoms with Crippen LogP contribution in [0.15, 0.2) is 48.5 Å². The van der Waals surface area contributed by atoms with Gasteiger partial charge in [0.2, 0.25) is 0 Å². The first-order valence-electron chi connectivity index (χ1n) is 15.2. The quantitative estimate of drug-likeness (QED) is 0.364. The van der Waals surface area contributed by atoms with Crippen molar-refractivity contribution in [2.75, 3.05) is 39.3 Å². The molecular formula is C34H44N4. The molecule has 0 unspecified atom stereocenters. The number of benzene rings is 2. The number of aryl methyl sites for hydroxylation is 2. The lowest BCUT2D eigenvalue weighted by Gasteiger charge is -2.14. The zero-order valence-corrected chi connectivity index (χ0v) is 23.1. The second-order valence-corrected chi connectivity index (χ2v) is 11.6. The number of rotatable bonds is 11. The van der Waals surface area contributed by atoms with Crippen LogP contribution in [0, 0.1) is 0 Å². The molecule has 2 aromatic carbocycles. The fraction of sp³-hybridized carbons (Fsp3) is 0.500. The summed E-state index contributed by atoms with van der Waals surface area (Å²) < 4.78 is 2.44. The van der Waals surface area contributed by atoms with E-state index in [-0.39, 0.29) is 0 Å². The van der Waals surface area contributed by atoms with Gasteiger partial charge in [0.25, 0.3) is 0 Å². The molecule has 0 spiro atoms. The Morgan fingerprint density at radius 3 is 1.74 bits per heavy atom. The Labute approximate surface area is 228 Å². The third-order valence-electron chi connectivity index (χ3n) is 8.73. The molecule has 1 aromatic heterocycles. The molecule has 2 fully saturated rings. The van der Waals surface area contributed by atoms with Gasteiger partial charge in [0.15, 0.2) is 0 Å². The Hall–Kier alpha value is -2.69. The van der Waals surface area contributed by atoms with Gasteiger partial charge in [-0.15, -0.1) is 0 Å². The fourth-order valence-electron chi connectivity index (χ4n) is 6.51. The summed E-state index contributed by atoms with van der Waals surface area (Å²) in [6, 6.07) is 18.6. The highest BCUT2D eigenvalue weighted by Gasteiger charge is 2.14. The minimum atomic E-state index is 0.869. The summed E-state index contributed by atoms with van der Waals surface area (Å²) in [5, 5.41) is 2.44. The van der Waals surface area contributed by atoms with Crippen molar-refractivity contribution in [3.63, 3.8) is 0 Å². The maximum Gasteiger partial charge on any atom is 0.141 e. The topological polar surface area (TPSA) is 24.3 Å². The molecule has 0 amide bonds. The second-order valence-electron chi connectivity index (χ2n) is 11.6. The monoisotopic (exact) mass is 508 g/mol. The van der Waals surface area contributed by atoms with Crippen molar-refractivity contribution < 1.29 is 0 Å². The molecule has 3 aliphatic rings. The van der Waals surface area contributed by atoms with Crippen molar-refractivity contribution in [2.24, 2.45) is 0 Å². The third kappa shape index (κ3) is 6.30. The lowest BCUT2D eigenvalue weighted by Crippen LogP contribution is -2.32. The summed E-state index contributed by atoms with van der Waals surface area (Å²) in [6.07, 6.45) is 17.2. The summed E-state index contributed by atoms with van der Waals surface area (Å²) in [5.74, 6) is 1.10. The molecule has 1 aliphatic carbocycles. The van der Waals surface area contributed by atoms with E-state index in [1.54, 1.807) is 0 Å². The molecule has 200 valence electrons. The molecule has 0 radical (unpaired) electrons. The average Bonchev–Trinajstić information content (AvgIpc) is 3.73. The number of imidazole rings is 1. The number of hydrogen-bond donors (Lipinski definition) is 0. The van der Waals surface area contributed by atoms with Gasteiger partial charge in [-0.3, -0.25) is 0 Å². The van der Waals surface area contributed by atoms with Crippen LogP contribution in [0.1, 0.15) is 68.1 Å². The van der Waals surface area contributed by atoms with Gasteiger partial charge in [-0.25, -0.2) is 4.98 Å². The maximum atomic E-state index is 5.12. The van der Waals surface area contributed by atoms with E-state index in [4.69, 9.17) is 4.98 Å². The molecule has 0 bridgehead atoms. The fourth-order valence-corrected chi connectivity index (χ4v) is 6.51. The molecule has 4 heteroatoms. The predicted molar refractivity (Wildman–Crippen MR) is 159 cm³/mol. The van der Waals surface area contributed by atoms with E-state index in [1.165, 1.54) is 112 Å². The molecule has 38 heavy (non-hydrogen) atoms. The molecule has 6 rings (SSSR count). The van der Waals surface area contributed by atoms with Crippen molar-refractivity contribution in [2.45, 2.75) is 70.8 Å². The van der Waals surface area contributed by atoms with Crippen LogP contribution >= 0.6 is 0 Å². The van der Waals surface area contributed by atoms with Gasteiger partial charge in [0.1, 0.15) is 5.82 Å². The van der Waals surface area contributed by atoms with Crippen LogP contribution in [0.4, 0.5) is 0 Å². The standard InChI is InChI=1S/C34H44N4/c1-2-12-33-32(11-1)35-34(31-19-17-29(18-20-31)10-8-26-37-23-5-6-24-37)38(33)27-30-15-13-28(14-16-30)9-7-25-36-21-3-4-22-36/h11-20H,1-10,21-27H2. The lowest BCUT2D eigenvalue weighted by molar-refractivity contribution is 0.334. The highest BCUT2D eigenvalue weighted by Crippen LogP contribution is 2.20. The largest absolute Gasteiger partial charge is 0.320 e. The lowest BCUT2D eigenvalue weighted by atomic mass is 10.1. The van der Waals surface area contributed by atoms with Gasteiger partial charge < -0.3 is 14.4 Å². The van der Waals surface area contributed by atoms with E-state index in [0.717, 1.165) is 37.0 Å². The van der Waals surface area contributed by atoms with Gasteiger partial charge in [0, 0.05) is 12.1 Å². The molecule has 0 N–H and O–H groups in total. The van der Waals surface area contributed by atoms with Gasteiger partial charge in [-0.05, 0) is 120 Å². The van der Waals surface area contributed by atoms with Crippen molar-refractivity contribution >= 4 is 12.2 Å². The van der Waals surface area contributed by atoms with Crippen LogP contribution < -0.4 is 10.7 Å². The first-order valence-corrected chi connectivity index (χ1v) is 15.2. The van der Waals surface area contributed by atoms with Crippen LogP contribution in [-0.2, 0) is 19.4 Å². The second kappa shape index (κ2) is 12.4. The van der Waals surface area contributed by atoms with Crippen molar-refractivity contribution in [3.8, 4) is 11.4 Å². The van der Waals surface area contributed by atoms with Crippen LogP contribution in [0.5, 0.6) is 0 Å². The maximum absolute atomic E-state index is 5.12. The minimum absolute atomic E-state index is 0.869. The van der Waals surface area contributed by atoms with Crippen LogP contribution in [0.3, 0.4) is 0 Å². The van der Waals surface area contributed by atoms with Crippen molar-refractivity contribution in [1.29, 1.82) is 0 Å². The molecule has 2 aliphatic heterocycles. The molecule has 0 atom stereocenters. The number of likely N-dealkylation sites (tertiary alicyclic amines) is 2. The highest BCUT2D eigenvalue weighted by atomic mass is 15.1. The molecule has 2 saturated heterocycles. The Morgan fingerprint density at radius 1 is 0.605 bits per heavy atom. The Balaban J connectivity index is 1.13. The van der Waals surface area contributed by atoms with Crippen molar-refractivity contribution in [1.82, 2.24) is 19.4 Å². The third-order valence-corrected chi connectivity index (χ3v) is 8.73. The summed E-state index contributed by atoms with van der Waals surface area (Å²) in [6.45, 7) is 8.54. The average molecular weight is 509 g/mol. The summed E-state index contributed by atoms with van der Waals surface area (Å²) in [7, 11) is 0. The van der Waals surface area contributed by atoms with Gasteiger partial charge >= 0.3 is 0 Å². The Kier molecular flexibility index (Phi) is 8.38. The smallest absolute Gasteiger partial charge is 0.141 e. The molecule has 4 nitrogen and oxygen atoms in total. The normalized spacial score (nSPS) is 17.9. The van der Waals surface area contributed by atoms with Crippen molar-refractivity contribution in [3.05, 3.63) is 75.9 Å². The zero-order valence-electron chi connectivity index (χ0n) is 23.1. The van der Waals surface area contributed by atoms with E-state index in [2.05, 4.69) is 75.0 Å². The van der Waals surface area contributed by atoms with E-state index in [1.807, 2.05) is 0 Å². The van der Waals surface area contributed by atoms with Crippen LogP contribution in [0.25, 0.3) is 23.5 Å². The number of hydrogen-bond acceptors (Lipinski definition) is 3. The molecule has 3 aromatic rings. The van der Waals surface area contributed by atoms with Crippen LogP contribution in [0.2, 0.25) is 0 Å². The number of aromatic nitrogens is 2. The predicted octanol–water partition coefficient (Wildman–Crippen LogP) is 5.01. The highest BCUT2D eigenvalue weighted by molar-refractivity contribution is 5.57. The van der Waals surface area contributed by atoms with Gasteiger partial charge in [-0.1, -0.05) is 60.7 Å². The molecular weight excluding hydrogens is 464 g/mol. The Bertz CT molecular complexity index is 1290. The van der Waals surface area contributed by atoms with Gasteiger partial charge in [-0.2, -0.15) is 0 Å². The van der Waals surface area contributed by atoms with Crippen LogP contribution in [-0.4, -0.2) is 58.6 Å². The van der Waals surface area contributed by atoms with E-state index >= 15 is 0 Å². The molecule has 3 heterocycles. The van der Waals surface area contributed by atoms with E-state index in [9.17, 15) is 0 Å². The molecule has 0 saturated carbocycles. The first kappa shape index (κ1) is 25.6. The first-order chi connectivity index (χ1) is 18.8. The van der Waals surface area contributed by atoms with E-state index < -0.39 is 0 Å². The zero-order chi connectivity index (χ0) is 25.6. The Morgan fingerprint density at radius 2 is 1.13 bits per heavy atom. The minimum Gasteiger partial charge on any atom is -0.320 e. The van der Waals surface area contributed by atoms with Gasteiger partial charge in [0.05, 0.1) is 10.7 Å². The number of fused-ring (bicyclic) bond motifs is 1. The summed E-state index contributed by atoms with van der Waals surface area (Å²) in [5.41, 5.74) is 5.48. The van der Waals surface area contributed by atoms with E-state index in [0.29, 0.717) is 0 Å².